The Kier molecular flexibility index (Phi) is 3.21. The molecule has 1 fully saturated rings. The number of rotatable bonds is 2. The maximum absolute atomic E-state index is 4.99. The van der Waals surface area contributed by atoms with Crippen molar-refractivity contribution in [2.24, 2.45) is 0 Å². The van der Waals surface area contributed by atoms with Gasteiger partial charge in [0.1, 0.15) is 5.82 Å². The quantitative estimate of drug-likeness (QED) is 0.891. The van der Waals surface area contributed by atoms with E-state index >= 15 is 0 Å². The minimum atomic E-state index is 0.387. The molecule has 0 saturated heterocycles. The lowest BCUT2D eigenvalue weighted by Crippen LogP contribution is -2.24. The highest BCUT2D eigenvalue weighted by molar-refractivity contribution is 5.43. The average molecular weight is 281 g/mol. The molecular weight excluding hydrogens is 258 g/mol. The van der Waals surface area contributed by atoms with E-state index in [0.29, 0.717) is 12.0 Å². The highest BCUT2D eigenvalue weighted by Crippen LogP contribution is 2.37. The van der Waals surface area contributed by atoms with Crippen molar-refractivity contribution in [1.82, 2.24) is 9.78 Å². The van der Waals surface area contributed by atoms with Crippen LogP contribution in [-0.2, 0) is 0 Å². The lowest BCUT2D eigenvalue weighted by molar-refractivity contribution is 0.472. The molecule has 1 N–H and O–H groups in total. The number of hydrogen-bond donors (Lipinski definition) is 1. The maximum atomic E-state index is 4.99. The molecule has 0 bridgehead atoms. The highest BCUT2D eigenvalue weighted by atomic mass is 15.4. The Morgan fingerprint density at radius 2 is 1.95 bits per heavy atom. The Balaban J connectivity index is 1.72. The molecule has 21 heavy (non-hydrogen) atoms. The van der Waals surface area contributed by atoms with E-state index in [2.05, 4.69) is 47.3 Å². The fraction of sp³-hybridized carbons (Fsp3) is 0.500. The third-order valence-electron chi connectivity index (χ3n) is 5.09. The van der Waals surface area contributed by atoms with Gasteiger partial charge in [-0.2, -0.15) is 5.10 Å². The second-order valence-electron chi connectivity index (χ2n) is 6.47. The van der Waals surface area contributed by atoms with E-state index in [1.54, 1.807) is 0 Å². The molecule has 1 aromatic carbocycles. The minimum Gasteiger partial charge on any atom is -0.370 e. The molecule has 2 aliphatic rings. The molecule has 1 atom stereocenters. The van der Waals surface area contributed by atoms with Gasteiger partial charge in [0.15, 0.2) is 0 Å². The SMILES string of the molecule is Cc1ccccc1C1CCNc2cc(C3CCCC3)nn21. The van der Waals surface area contributed by atoms with E-state index in [1.165, 1.54) is 48.3 Å². The Bertz CT molecular complexity index is 638. The summed E-state index contributed by atoms with van der Waals surface area (Å²) in [4.78, 5) is 0. The van der Waals surface area contributed by atoms with Crippen molar-refractivity contribution in [3.05, 3.63) is 47.2 Å². The van der Waals surface area contributed by atoms with E-state index in [-0.39, 0.29) is 0 Å². The second kappa shape index (κ2) is 5.21. The molecule has 2 heterocycles. The fourth-order valence-corrected chi connectivity index (χ4v) is 3.91. The predicted octanol–water partition coefficient (Wildman–Crippen LogP) is 4.25. The van der Waals surface area contributed by atoms with Gasteiger partial charge in [0.25, 0.3) is 0 Å². The third kappa shape index (κ3) is 2.25. The van der Waals surface area contributed by atoms with Crippen LogP contribution in [0, 0.1) is 6.92 Å². The van der Waals surface area contributed by atoms with Crippen LogP contribution in [0.5, 0.6) is 0 Å². The Morgan fingerprint density at radius 1 is 1.14 bits per heavy atom. The van der Waals surface area contributed by atoms with Crippen molar-refractivity contribution >= 4 is 5.82 Å². The molecule has 1 aromatic heterocycles. The van der Waals surface area contributed by atoms with Gasteiger partial charge in [0.05, 0.1) is 11.7 Å². The molecule has 0 amide bonds. The van der Waals surface area contributed by atoms with Gasteiger partial charge >= 0.3 is 0 Å². The van der Waals surface area contributed by atoms with Crippen molar-refractivity contribution in [1.29, 1.82) is 0 Å². The first kappa shape index (κ1) is 12.9. The lowest BCUT2D eigenvalue weighted by atomic mass is 9.98. The van der Waals surface area contributed by atoms with Crippen LogP contribution in [0.4, 0.5) is 5.82 Å². The summed E-state index contributed by atoms with van der Waals surface area (Å²) in [7, 11) is 0. The number of anilines is 1. The molecule has 4 rings (SSSR count). The summed E-state index contributed by atoms with van der Waals surface area (Å²) in [6.45, 7) is 3.24. The van der Waals surface area contributed by atoms with Gasteiger partial charge in [-0.25, -0.2) is 4.68 Å². The summed E-state index contributed by atoms with van der Waals surface area (Å²) in [6, 6.07) is 11.4. The smallest absolute Gasteiger partial charge is 0.125 e. The monoisotopic (exact) mass is 281 g/mol. The Hall–Kier alpha value is -1.77. The standard InChI is InChI=1S/C18H23N3/c1-13-6-2-5-9-15(13)17-10-11-19-18-12-16(20-21(17)18)14-7-3-4-8-14/h2,5-6,9,12,14,17,19H,3-4,7-8,10-11H2,1H3. The summed E-state index contributed by atoms with van der Waals surface area (Å²) in [6.07, 6.45) is 6.46. The molecule has 0 spiro atoms. The molecule has 1 aliphatic heterocycles. The van der Waals surface area contributed by atoms with E-state index in [0.717, 1.165) is 13.0 Å². The molecule has 2 aromatic rings. The van der Waals surface area contributed by atoms with Crippen molar-refractivity contribution < 1.29 is 0 Å². The van der Waals surface area contributed by atoms with Gasteiger partial charge in [-0.15, -0.1) is 0 Å². The Morgan fingerprint density at radius 3 is 2.76 bits per heavy atom. The summed E-state index contributed by atoms with van der Waals surface area (Å²) in [5.74, 6) is 1.89. The zero-order chi connectivity index (χ0) is 14.2. The number of nitrogens with zero attached hydrogens (tertiary/aromatic N) is 2. The second-order valence-corrected chi connectivity index (χ2v) is 6.47. The van der Waals surface area contributed by atoms with Crippen LogP contribution >= 0.6 is 0 Å². The molecule has 1 unspecified atom stereocenters. The predicted molar refractivity (Wildman–Crippen MR) is 85.9 cm³/mol. The van der Waals surface area contributed by atoms with Gasteiger partial charge in [0, 0.05) is 18.5 Å². The van der Waals surface area contributed by atoms with Crippen LogP contribution < -0.4 is 5.32 Å². The number of hydrogen-bond acceptors (Lipinski definition) is 2. The molecule has 3 nitrogen and oxygen atoms in total. The molecule has 3 heteroatoms. The zero-order valence-electron chi connectivity index (χ0n) is 12.7. The van der Waals surface area contributed by atoms with Crippen molar-refractivity contribution in [3.63, 3.8) is 0 Å². The van der Waals surface area contributed by atoms with Gasteiger partial charge < -0.3 is 5.32 Å². The minimum absolute atomic E-state index is 0.387. The number of nitrogens with one attached hydrogen (secondary N) is 1. The van der Waals surface area contributed by atoms with Crippen LogP contribution in [0.25, 0.3) is 0 Å². The van der Waals surface area contributed by atoms with Crippen LogP contribution in [0.1, 0.15) is 60.9 Å². The maximum Gasteiger partial charge on any atom is 0.125 e. The molecule has 1 aliphatic carbocycles. The molecule has 110 valence electrons. The molecule has 0 radical (unpaired) electrons. The van der Waals surface area contributed by atoms with Crippen LogP contribution in [0.15, 0.2) is 30.3 Å². The topological polar surface area (TPSA) is 29.9 Å². The first-order valence-corrected chi connectivity index (χ1v) is 8.22. The largest absolute Gasteiger partial charge is 0.370 e. The highest BCUT2D eigenvalue weighted by Gasteiger charge is 2.27. The van der Waals surface area contributed by atoms with Crippen molar-refractivity contribution in [2.45, 2.75) is 51.0 Å². The lowest BCUT2D eigenvalue weighted by Gasteiger charge is -2.27. The summed E-state index contributed by atoms with van der Waals surface area (Å²) in [5, 5.41) is 8.51. The molecule has 1 saturated carbocycles. The zero-order valence-corrected chi connectivity index (χ0v) is 12.7. The van der Waals surface area contributed by atoms with Gasteiger partial charge in [-0.05, 0) is 37.3 Å². The Labute approximate surface area is 126 Å². The first-order chi connectivity index (χ1) is 10.3. The van der Waals surface area contributed by atoms with Gasteiger partial charge in [-0.3, -0.25) is 0 Å². The van der Waals surface area contributed by atoms with E-state index in [1.807, 2.05) is 0 Å². The number of benzene rings is 1. The normalized spacial score (nSPS) is 22.0. The fourth-order valence-electron chi connectivity index (χ4n) is 3.91. The summed E-state index contributed by atoms with van der Waals surface area (Å²) >= 11 is 0. The van der Waals surface area contributed by atoms with Crippen LogP contribution in [-0.4, -0.2) is 16.3 Å². The van der Waals surface area contributed by atoms with Crippen molar-refractivity contribution in [3.8, 4) is 0 Å². The number of aryl methyl sites for hydroxylation is 1. The van der Waals surface area contributed by atoms with E-state index in [9.17, 15) is 0 Å². The van der Waals surface area contributed by atoms with Crippen LogP contribution in [0.3, 0.4) is 0 Å². The van der Waals surface area contributed by atoms with E-state index < -0.39 is 0 Å². The first-order valence-electron chi connectivity index (χ1n) is 8.22. The number of aromatic nitrogens is 2. The molecular formula is C18H23N3. The number of fused-ring (bicyclic) bond motifs is 1. The average Bonchev–Trinajstić information content (AvgIpc) is 3.16. The van der Waals surface area contributed by atoms with Gasteiger partial charge in [-0.1, -0.05) is 37.1 Å². The summed E-state index contributed by atoms with van der Waals surface area (Å²) < 4.78 is 2.24. The van der Waals surface area contributed by atoms with Crippen LogP contribution in [0.2, 0.25) is 0 Å². The third-order valence-corrected chi connectivity index (χ3v) is 5.09. The van der Waals surface area contributed by atoms with Crippen molar-refractivity contribution in [2.75, 3.05) is 11.9 Å². The van der Waals surface area contributed by atoms with E-state index in [4.69, 9.17) is 5.10 Å². The summed E-state index contributed by atoms with van der Waals surface area (Å²) in [5.41, 5.74) is 4.09. The van der Waals surface area contributed by atoms with Gasteiger partial charge in [0.2, 0.25) is 0 Å².